The molecular weight excluding hydrogens is 444 g/mol. The summed E-state index contributed by atoms with van der Waals surface area (Å²) < 4.78 is 5.45. The number of rotatable bonds is 5. The minimum Gasteiger partial charge on any atom is -0.444 e. The van der Waals surface area contributed by atoms with Crippen molar-refractivity contribution in [2.45, 2.75) is 70.9 Å². The van der Waals surface area contributed by atoms with Gasteiger partial charge in [0.05, 0.1) is 6.04 Å². The van der Waals surface area contributed by atoms with Gasteiger partial charge in [-0.15, -0.1) is 0 Å². The van der Waals surface area contributed by atoms with Crippen molar-refractivity contribution >= 4 is 23.4 Å². The van der Waals surface area contributed by atoms with Crippen LogP contribution in [0.25, 0.3) is 5.57 Å². The first-order valence-corrected chi connectivity index (χ1v) is 12.7. The molecule has 2 aliphatic carbocycles. The average molecular weight is 483 g/mol. The van der Waals surface area contributed by atoms with E-state index >= 15 is 0 Å². The minimum atomic E-state index is -0.603. The third kappa shape index (κ3) is 5.61. The van der Waals surface area contributed by atoms with Crippen molar-refractivity contribution < 1.29 is 24.2 Å². The van der Waals surface area contributed by atoms with Crippen molar-refractivity contribution in [2.75, 3.05) is 26.7 Å². The molecule has 1 N–H and O–H groups in total. The number of amides is 2. The Morgan fingerprint density at radius 1 is 1.11 bits per heavy atom. The zero-order valence-electron chi connectivity index (χ0n) is 21.4. The van der Waals surface area contributed by atoms with Gasteiger partial charge in [0.25, 0.3) is 0 Å². The van der Waals surface area contributed by atoms with Gasteiger partial charge in [0.2, 0.25) is 5.91 Å². The first-order chi connectivity index (χ1) is 16.6. The second-order valence-electron chi connectivity index (χ2n) is 11.3. The first kappa shape index (κ1) is 25.4. The second kappa shape index (κ2) is 10.1. The summed E-state index contributed by atoms with van der Waals surface area (Å²) in [5.41, 5.74) is 4.29. The molecule has 1 unspecified atom stereocenters. The van der Waals surface area contributed by atoms with Crippen LogP contribution < -0.4 is 0 Å². The molecule has 1 aromatic rings. The van der Waals surface area contributed by atoms with Crippen LogP contribution in [0.1, 0.15) is 64.0 Å². The fourth-order valence-electron chi connectivity index (χ4n) is 5.77. The van der Waals surface area contributed by atoms with Crippen molar-refractivity contribution in [1.82, 2.24) is 9.80 Å². The van der Waals surface area contributed by atoms with Crippen LogP contribution in [0.15, 0.2) is 29.8 Å². The fourth-order valence-corrected chi connectivity index (χ4v) is 5.77. The lowest BCUT2D eigenvalue weighted by Gasteiger charge is -2.39. The number of aliphatic hydroxyl groups is 1. The number of ether oxygens (including phenoxy) is 1. The van der Waals surface area contributed by atoms with Crippen molar-refractivity contribution in [1.29, 1.82) is 0 Å². The van der Waals surface area contributed by atoms with E-state index in [2.05, 4.69) is 12.1 Å². The van der Waals surface area contributed by atoms with E-state index < -0.39 is 18.2 Å². The predicted molar refractivity (Wildman–Crippen MR) is 134 cm³/mol. The van der Waals surface area contributed by atoms with E-state index in [9.17, 15) is 19.5 Å². The van der Waals surface area contributed by atoms with Crippen LogP contribution >= 0.6 is 0 Å². The third-order valence-corrected chi connectivity index (χ3v) is 7.55. The molecule has 4 rings (SSSR count). The summed E-state index contributed by atoms with van der Waals surface area (Å²) in [4.78, 5) is 42.0. The van der Waals surface area contributed by atoms with Gasteiger partial charge < -0.3 is 19.6 Å². The van der Waals surface area contributed by atoms with Crippen molar-refractivity contribution in [3.05, 3.63) is 41.0 Å². The number of carbonyl (C=O) groups is 3. The number of benzene rings is 1. The summed E-state index contributed by atoms with van der Waals surface area (Å²) in [5, 5.41) is 9.62. The van der Waals surface area contributed by atoms with Gasteiger partial charge >= 0.3 is 6.09 Å². The Hall–Kier alpha value is -2.67. The molecule has 3 aliphatic rings. The van der Waals surface area contributed by atoms with Crippen molar-refractivity contribution in [3.8, 4) is 0 Å². The molecule has 1 heterocycles. The van der Waals surface area contributed by atoms with E-state index in [-0.39, 0.29) is 23.7 Å². The summed E-state index contributed by atoms with van der Waals surface area (Å²) in [6.45, 7) is 6.08. The van der Waals surface area contributed by atoms with Gasteiger partial charge in [0.1, 0.15) is 12.2 Å². The first-order valence-electron chi connectivity index (χ1n) is 12.7. The van der Waals surface area contributed by atoms with Gasteiger partial charge in [-0.1, -0.05) is 24.3 Å². The van der Waals surface area contributed by atoms with Gasteiger partial charge in [-0.05, 0) is 81.1 Å². The van der Waals surface area contributed by atoms with Crippen molar-refractivity contribution in [2.24, 2.45) is 11.8 Å². The maximum atomic E-state index is 13.6. The Morgan fingerprint density at radius 3 is 2.46 bits per heavy atom. The number of hydrogen-bond acceptors (Lipinski definition) is 5. The Morgan fingerprint density at radius 2 is 1.80 bits per heavy atom. The molecule has 7 heteroatoms. The Kier molecular flexibility index (Phi) is 7.36. The van der Waals surface area contributed by atoms with E-state index in [0.717, 1.165) is 32.1 Å². The number of aliphatic hydroxyl groups excluding tert-OH is 1. The van der Waals surface area contributed by atoms with Crippen LogP contribution in [0, 0.1) is 11.8 Å². The highest BCUT2D eigenvalue weighted by Crippen LogP contribution is 2.41. The summed E-state index contributed by atoms with van der Waals surface area (Å²) >= 11 is 0. The summed E-state index contributed by atoms with van der Waals surface area (Å²) in [6, 6.07) is 7.63. The van der Waals surface area contributed by atoms with E-state index in [4.69, 9.17) is 4.74 Å². The SMILES string of the molecule is CN(CC1CCC(C(=O)N2CC3=C(CC2C(=O)CO)c2ccccc2C3)CC1)C(=O)OC(C)(C)C. The molecule has 7 nitrogen and oxygen atoms in total. The topological polar surface area (TPSA) is 87.2 Å². The van der Waals surface area contributed by atoms with Crippen LogP contribution in [-0.4, -0.2) is 71.1 Å². The number of carbonyl (C=O) groups excluding carboxylic acids is 3. The molecule has 1 aliphatic heterocycles. The standard InChI is InChI=1S/C28H38N2O5/c1-28(2,3)35-27(34)29(4)15-18-9-11-19(12-10-18)26(33)30-16-21-13-20-7-5-6-8-22(20)23(21)14-24(30)25(32)17-31/h5-8,18-19,24,31H,9-17H2,1-4H3. The van der Waals surface area contributed by atoms with Gasteiger partial charge in [-0.3, -0.25) is 9.59 Å². The molecule has 0 aromatic heterocycles. The summed E-state index contributed by atoms with van der Waals surface area (Å²) in [6.07, 6.45) is 4.18. The highest BCUT2D eigenvalue weighted by Gasteiger charge is 2.41. The maximum absolute atomic E-state index is 13.6. The number of nitrogens with zero attached hydrogens (tertiary/aromatic N) is 2. The quantitative estimate of drug-likeness (QED) is 0.689. The average Bonchev–Trinajstić information content (AvgIpc) is 3.19. The van der Waals surface area contributed by atoms with Gasteiger partial charge in [0.15, 0.2) is 5.78 Å². The van der Waals surface area contributed by atoms with E-state index in [1.807, 2.05) is 32.9 Å². The summed E-state index contributed by atoms with van der Waals surface area (Å²) in [7, 11) is 1.76. The summed E-state index contributed by atoms with van der Waals surface area (Å²) in [5.74, 6) is -0.0651. The van der Waals surface area contributed by atoms with Gasteiger partial charge in [-0.2, -0.15) is 0 Å². The number of fused-ring (bicyclic) bond motifs is 2. The largest absolute Gasteiger partial charge is 0.444 e. The normalized spacial score (nSPS) is 24.0. The molecule has 2 amide bonds. The highest BCUT2D eigenvalue weighted by molar-refractivity contribution is 5.94. The van der Waals surface area contributed by atoms with Crippen LogP contribution in [0.5, 0.6) is 0 Å². The molecule has 1 aromatic carbocycles. The van der Waals surface area contributed by atoms with Crippen LogP contribution in [-0.2, 0) is 20.7 Å². The molecule has 0 radical (unpaired) electrons. The Labute approximate surface area is 208 Å². The van der Waals surface area contributed by atoms with Crippen molar-refractivity contribution in [3.63, 3.8) is 0 Å². The lowest BCUT2D eigenvalue weighted by atomic mass is 9.80. The lowest BCUT2D eigenvalue weighted by Crippen LogP contribution is -2.51. The van der Waals surface area contributed by atoms with Crippen LogP contribution in [0.2, 0.25) is 0 Å². The molecular formula is C28H38N2O5. The molecule has 0 bridgehead atoms. The molecule has 35 heavy (non-hydrogen) atoms. The van der Waals surface area contributed by atoms with Gasteiger partial charge in [-0.25, -0.2) is 4.79 Å². The minimum absolute atomic E-state index is 0.0262. The fraction of sp³-hybridized carbons (Fsp3) is 0.607. The van der Waals surface area contributed by atoms with Crippen LogP contribution in [0.3, 0.4) is 0 Å². The molecule has 0 saturated heterocycles. The predicted octanol–water partition coefficient (Wildman–Crippen LogP) is 3.83. The molecule has 1 atom stereocenters. The number of ketones is 1. The smallest absolute Gasteiger partial charge is 0.410 e. The van der Waals surface area contributed by atoms with E-state index in [0.29, 0.717) is 25.4 Å². The zero-order valence-corrected chi connectivity index (χ0v) is 21.4. The Bertz CT molecular complexity index is 1020. The third-order valence-electron chi connectivity index (χ3n) is 7.55. The zero-order chi connectivity index (χ0) is 25.3. The monoisotopic (exact) mass is 482 g/mol. The number of Topliss-reactive ketones (excluding diaryl/α,β-unsaturated/α-hetero) is 1. The molecule has 0 spiro atoms. The second-order valence-corrected chi connectivity index (χ2v) is 11.3. The highest BCUT2D eigenvalue weighted by atomic mass is 16.6. The van der Waals surface area contributed by atoms with Gasteiger partial charge in [0, 0.05) is 32.5 Å². The number of hydrogen-bond donors (Lipinski definition) is 1. The Balaban J connectivity index is 1.38. The molecule has 190 valence electrons. The van der Waals surface area contributed by atoms with E-state index in [1.54, 1.807) is 16.8 Å². The molecule has 1 saturated carbocycles. The van der Waals surface area contributed by atoms with E-state index in [1.165, 1.54) is 22.3 Å². The lowest BCUT2D eigenvalue weighted by molar-refractivity contribution is -0.144. The maximum Gasteiger partial charge on any atom is 0.410 e. The van der Waals surface area contributed by atoms with Crippen LogP contribution in [0.4, 0.5) is 4.79 Å². The molecule has 1 fully saturated rings.